The summed E-state index contributed by atoms with van der Waals surface area (Å²) < 4.78 is 27.4. The van der Waals surface area contributed by atoms with Crippen LogP contribution >= 0.6 is 0 Å². The third-order valence-electron chi connectivity index (χ3n) is 3.17. The molecule has 6 heteroatoms. The summed E-state index contributed by atoms with van der Waals surface area (Å²) in [6.07, 6.45) is 0. The third kappa shape index (κ3) is 3.87. The van der Waals surface area contributed by atoms with Crippen LogP contribution in [0, 0.1) is 13.8 Å². The standard InChI is InChI=1S/C15H19N3O2S/c1-11-6-7-13(9-16)8-15(11)21(19,20)17-10-14-5-3-4-12(2)18-14/h3-8,17H,9-10,16H2,1-2H3. The molecular weight excluding hydrogens is 286 g/mol. The van der Waals surface area contributed by atoms with Crippen LogP contribution in [0.5, 0.6) is 0 Å². The molecule has 0 saturated heterocycles. The van der Waals surface area contributed by atoms with E-state index >= 15 is 0 Å². The van der Waals surface area contributed by atoms with Crippen molar-refractivity contribution in [2.24, 2.45) is 5.73 Å². The third-order valence-corrected chi connectivity index (χ3v) is 4.71. The predicted octanol–water partition coefficient (Wildman–Crippen LogP) is 1.64. The van der Waals surface area contributed by atoms with Crippen molar-refractivity contribution in [3.8, 4) is 0 Å². The summed E-state index contributed by atoms with van der Waals surface area (Å²) in [5.74, 6) is 0. The molecule has 2 aromatic rings. The first-order chi connectivity index (χ1) is 9.92. The molecule has 0 aliphatic heterocycles. The number of sulfonamides is 1. The summed E-state index contributed by atoms with van der Waals surface area (Å²) in [6.45, 7) is 4.10. The Bertz CT molecular complexity index is 742. The first kappa shape index (κ1) is 15.6. The van der Waals surface area contributed by atoms with Crippen molar-refractivity contribution >= 4 is 10.0 Å². The molecule has 0 saturated carbocycles. The largest absolute Gasteiger partial charge is 0.326 e. The lowest BCUT2D eigenvalue weighted by atomic mass is 10.1. The fraction of sp³-hybridized carbons (Fsp3) is 0.267. The van der Waals surface area contributed by atoms with Crippen molar-refractivity contribution in [3.05, 3.63) is 58.9 Å². The first-order valence-corrected chi connectivity index (χ1v) is 8.12. The quantitative estimate of drug-likeness (QED) is 0.879. The SMILES string of the molecule is Cc1cccc(CNS(=O)(=O)c2cc(CN)ccc2C)n1. The molecule has 1 aromatic carbocycles. The van der Waals surface area contributed by atoms with E-state index < -0.39 is 10.0 Å². The smallest absolute Gasteiger partial charge is 0.241 e. The molecular formula is C15H19N3O2S. The summed E-state index contributed by atoms with van der Waals surface area (Å²) in [5, 5.41) is 0. The summed E-state index contributed by atoms with van der Waals surface area (Å²) in [4.78, 5) is 4.54. The zero-order valence-corrected chi connectivity index (χ0v) is 12.9. The number of hydrogen-bond acceptors (Lipinski definition) is 4. The van der Waals surface area contributed by atoms with E-state index in [-0.39, 0.29) is 11.4 Å². The zero-order valence-electron chi connectivity index (χ0n) is 12.1. The van der Waals surface area contributed by atoms with Crippen LogP contribution in [0.2, 0.25) is 0 Å². The first-order valence-electron chi connectivity index (χ1n) is 6.64. The lowest BCUT2D eigenvalue weighted by Gasteiger charge is -2.10. The van der Waals surface area contributed by atoms with Crippen LogP contribution in [0.3, 0.4) is 0 Å². The number of nitrogens with one attached hydrogen (secondary N) is 1. The van der Waals surface area contributed by atoms with Gasteiger partial charge in [-0.15, -0.1) is 0 Å². The normalized spacial score (nSPS) is 11.6. The Kier molecular flexibility index (Phi) is 4.72. The maximum absolute atomic E-state index is 12.4. The molecule has 112 valence electrons. The van der Waals surface area contributed by atoms with E-state index in [4.69, 9.17) is 5.73 Å². The van der Waals surface area contributed by atoms with Crippen molar-refractivity contribution in [1.29, 1.82) is 0 Å². The van der Waals surface area contributed by atoms with E-state index in [1.54, 1.807) is 25.1 Å². The highest BCUT2D eigenvalue weighted by Gasteiger charge is 2.17. The fourth-order valence-electron chi connectivity index (χ4n) is 2.01. The fourth-order valence-corrected chi connectivity index (χ4v) is 3.30. The number of benzene rings is 1. The maximum atomic E-state index is 12.4. The van der Waals surface area contributed by atoms with Crippen LogP contribution in [0.4, 0.5) is 0 Å². The molecule has 0 fully saturated rings. The summed E-state index contributed by atoms with van der Waals surface area (Å²) in [5.41, 5.74) is 8.59. The number of nitrogens with zero attached hydrogens (tertiary/aromatic N) is 1. The number of nitrogens with two attached hydrogens (primary N) is 1. The van der Waals surface area contributed by atoms with Gasteiger partial charge in [0.2, 0.25) is 10.0 Å². The molecule has 0 unspecified atom stereocenters. The van der Waals surface area contributed by atoms with Crippen molar-refractivity contribution in [3.63, 3.8) is 0 Å². The molecule has 1 heterocycles. The van der Waals surface area contributed by atoms with E-state index in [1.807, 2.05) is 25.1 Å². The van der Waals surface area contributed by atoms with Crippen LogP contribution in [0.15, 0.2) is 41.3 Å². The monoisotopic (exact) mass is 305 g/mol. The van der Waals surface area contributed by atoms with E-state index in [0.717, 1.165) is 11.3 Å². The molecule has 0 aliphatic carbocycles. The Morgan fingerprint density at radius 1 is 1.19 bits per heavy atom. The van der Waals surface area contributed by atoms with Gasteiger partial charge in [0.15, 0.2) is 0 Å². The van der Waals surface area contributed by atoms with Crippen molar-refractivity contribution in [1.82, 2.24) is 9.71 Å². The summed E-state index contributed by atoms with van der Waals surface area (Å²) in [7, 11) is -3.58. The van der Waals surface area contributed by atoms with Gasteiger partial charge in [-0.1, -0.05) is 18.2 Å². The molecule has 21 heavy (non-hydrogen) atoms. The van der Waals surface area contributed by atoms with Crippen LogP contribution in [-0.4, -0.2) is 13.4 Å². The summed E-state index contributed by atoms with van der Waals surface area (Å²) >= 11 is 0. The Morgan fingerprint density at radius 3 is 2.62 bits per heavy atom. The maximum Gasteiger partial charge on any atom is 0.241 e. The van der Waals surface area contributed by atoms with Crippen LogP contribution in [0.1, 0.15) is 22.5 Å². The molecule has 0 aliphatic rings. The molecule has 0 bridgehead atoms. The van der Waals surface area contributed by atoms with Gasteiger partial charge in [0.1, 0.15) is 0 Å². The van der Waals surface area contributed by atoms with Gasteiger partial charge in [-0.3, -0.25) is 4.98 Å². The minimum Gasteiger partial charge on any atom is -0.326 e. The summed E-state index contributed by atoms with van der Waals surface area (Å²) in [6, 6.07) is 10.7. The minimum atomic E-state index is -3.58. The van der Waals surface area contributed by atoms with Crippen LogP contribution in [-0.2, 0) is 23.1 Å². The second-order valence-electron chi connectivity index (χ2n) is 4.90. The lowest BCUT2D eigenvalue weighted by Crippen LogP contribution is -2.24. The predicted molar refractivity (Wildman–Crippen MR) is 82.1 cm³/mol. The molecule has 0 radical (unpaired) electrons. The highest BCUT2D eigenvalue weighted by atomic mass is 32.2. The molecule has 0 spiro atoms. The highest BCUT2D eigenvalue weighted by Crippen LogP contribution is 2.17. The van der Waals surface area contributed by atoms with E-state index in [0.29, 0.717) is 17.8 Å². The lowest BCUT2D eigenvalue weighted by molar-refractivity contribution is 0.579. The van der Waals surface area contributed by atoms with Gasteiger partial charge in [0.25, 0.3) is 0 Å². The molecule has 0 atom stereocenters. The van der Waals surface area contributed by atoms with Crippen LogP contribution in [0.25, 0.3) is 0 Å². The Balaban J connectivity index is 2.22. The average molecular weight is 305 g/mol. The van der Waals surface area contributed by atoms with Crippen molar-refractivity contribution in [2.75, 3.05) is 0 Å². The average Bonchev–Trinajstić information content (AvgIpc) is 2.46. The number of rotatable bonds is 5. The number of pyridine rings is 1. The highest BCUT2D eigenvalue weighted by molar-refractivity contribution is 7.89. The Morgan fingerprint density at radius 2 is 1.95 bits per heavy atom. The van der Waals surface area contributed by atoms with Gasteiger partial charge in [0.05, 0.1) is 17.1 Å². The van der Waals surface area contributed by atoms with Gasteiger partial charge in [-0.2, -0.15) is 0 Å². The molecule has 5 nitrogen and oxygen atoms in total. The minimum absolute atomic E-state index is 0.163. The van der Waals surface area contributed by atoms with Crippen molar-refractivity contribution in [2.45, 2.75) is 31.8 Å². The zero-order chi connectivity index (χ0) is 15.5. The second kappa shape index (κ2) is 6.34. The van der Waals surface area contributed by atoms with Crippen molar-refractivity contribution < 1.29 is 8.42 Å². The van der Waals surface area contributed by atoms with Gasteiger partial charge in [0, 0.05) is 12.2 Å². The van der Waals surface area contributed by atoms with Gasteiger partial charge >= 0.3 is 0 Å². The van der Waals surface area contributed by atoms with Gasteiger partial charge < -0.3 is 5.73 Å². The molecule has 3 N–H and O–H groups in total. The van der Waals surface area contributed by atoms with Crippen LogP contribution < -0.4 is 10.5 Å². The Hall–Kier alpha value is -1.76. The molecule has 1 aromatic heterocycles. The number of hydrogen-bond donors (Lipinski definition) is 2. The number of aryl methyl sites for hydroxylation is 2. The van der Waals surface area contributed by atoms with E-state index in [1.165, 1.54) is 0 Å². The van der Waals surface area contributed by atoms with E-state index in [2.05, 4.69) is 9.71 Å². The van der Waals surface area contributed by atoms with E-state index in [9.17, 15) is 8.42 Å². The van der Waals surface area contributed by atoms with Gasteiger partial charge in [-0.25, -0.2) is 13.1 Å². The van der Waals surface area contributed by atoms with Gasteiger partial charge in [-0.05, 0) is 43.2 Å². The second-order valence-corrected chi connectivity index (χ2v) is 6.63. The topological polar surface area (TPSA) is 85.1 Å². The Labute approximate surface area is 125 Å². The molecule has 0 amide bonds. The number of aromatic nitrogens is 1. The molecule has 2 rings (SSSR count).